The van der Waals surface area contributed by atoms with Crippen molar-refractivity contribution in [2.24, 2.45) is 34.5 Å². The van der Waals surface area contributed by atoms with E-state index in [1.165, 1.54) is 24.0 Å². The molecular formula is C25H34O2. The van der Waals surface area contributed by atoms with Gasteiger partial charge in [0.1, 0.15) is 5.78 Å². The van der Waals surface area contributed by atoms with Crippen molar-refractivity contribution in [3.63, 3.8) is 0 Å². The number of hydrogen-bond acceptors (Lipinski definition) is 2. The van der Waals surface area contributed by atoms with Crippen molar-refractivity contribution >= 4 is 11.6 Å². The van der Waals surface area contributed by atoms with Crippen LogP contribution in [0.1, 0.15) is 72.6 Å². The molecule has 2 saturated carbocycles. The van der Waals surface area contributed by atoms with Crippen molar-refractivity contribution in [2.45, 2.75) is 72.6 Å². The van der Waals surface area contributed by atoms with Gasteiger partial charge < -0.3 is 0 Å². The Labute approximate surface area is 164 Å². The first-order valence-corrected chi connectivity index (χ1v) is 11.0. The fraction of sp³-hybridized carbons (Fsp3) is 0.680. The summed E-state index contributed by atoms with van der Waals surface area (Å²) in [4.78, 5) is 24.9. The summed E-state index contributed by atoms with van der Waals surface area (Å²) in [6.45, 7) is 9.12. The molecule has 0 amide bonds. The summed E-state index contributed by atoms with van der Waals surface area (Å²) in [6.07, 6.45) is 15.7. The molecule has 146 valence electrons. The second-order valence-electron chi connectivity index (χ2n) is 9.86. The van der Waals surface area contributed by atoms with Crippen LogP contribution < -0.4 is 0 Å². The van der Waals surface area contributed by atoms with Crippen molar-refractivity contribution < 1.29 is 9.59 Å². The molecule has 2 fully saturated rings. The fourth-order valence-electron chi connectivity index (χ4n) is 6.74. The van der Waals surface area contributed by atoms with Crippen molar-refractivity contribution in [3.8, 4) is 0 Å². The van der Waals surface area contributed by atoms with E-state index in [0.717, 1.165) is 32.1 Å². The Morgan fingerprint density at radius 1 is 1.11 bits per heavy atom. The van der Waals surface area contributed by atoms with Crippen LogP contribution in [0.5, 0.6) is 0 Å². The SMILES string of the molecule is CCC(CC)CC1=C[C@H]2C3CCC(=O)[C@@]3(C)CC[C@@H]2[C@@]2(C)C=CC(=O)C=C12. The monoisotopic (exact) mass is 366 g/mol. The quantitative estimate of drug-likeness (QED) is 0.627. The van der Waals surface area contributed by atoms with Gasteiger partial charge in [0.25, 0.3) is 0 Å². The summed E-state index contributed by atoms with van der Waals surface area (Å²) in [5.74, 6) is 2.75. The maximum absolute atomic E-state index is 12.7. The maximum Gasteiger partial charge on any atom is 0.178 e. The summed E-state index contributed by atoms with van der Waals surface area (Å²) in [5, 5.41) is 0. The van der Waals surface area contributed by atoms with Gasteiger partial charge in [-0.15, -0.1) is 0 Å². The average molecular weight is 367 g/mol. The zero-order valence-corrected chi connectivity index (χ0v) is 17.4. The molecule has 0 aromatic carbocycles. The van der Waals surface area contributed by atoms with Crippen LogP contribution in [0, 0.1) is 34.5 Å². The van der Waals surface area contributed by atoms with Crippen LogP contribution in [0.2, 0.25) is 0 Å². The van der Waals surface area contributed by atoms with Crippen molar-refractivity contribution in [1.82, 2.24) is 0 Å². The van der Waals surface area contributed by atoms with Crippen molar-refractivity contribution in [1.29, 1.82) is 0 Å². The molecule has 1 unspecified atom stereocenters. The Morgan fingerprint density at radius 2 is 1.85 bits per heavy atom. The van der Waals surface area contributed by atoms with E-state index in [2.05, 4.69) is 39.8 Å². The highest BCUT2D eigenvalue weighted by Gasteiger charge is 2.58. The van der Waals surface area contributed by atoms with Crippen molar-refractivity contribution in [3.05, 3.63) is 35.5 Å². The highest BCUT2D eigenvalue weighted by molar-refractivity contribution is 6.02. The molecule has 2 nitrogen and oxygen atoms in total. The Bertz CT molecular complexity index is 750. The highest BCUT2D eigenvalue weighted by Crippen LogP contribution is 2.63. The summed E-state index contributed by atoms with van der Waals surface area (Å²) >= 11 is 0. The van der Waals surface area contributed by atoms with Crippen LogP contribution in [0.15, 0.2) is 35.5 Å². The van der Waals surface area contributed by atoms with Crippen LogP contribution in [0.25, 0.3) is 0 Å². The van der Waals surface area contributed by atoms with Crippen molar-refractivity contribution in [2.75, 3.05) is 0 Å². The number of Topliss-reactive ketones (excluding diaryl/α,β-unsaturated/α-hetero) is 1. The summed E-state index contributed by atoms with van der Waals surface area (Å²) in [5.41, 5.74) is 2.50. The Morgan fingerprint density at radius 3 is 2.56 bits per heavy atom. The molecule has 27 heavy (non-hydrogen) atoms. The smallest absolute Gasteiger partial charge is 0.178 e. The molecule has 4 rings (SSSR count). The van der Waals surface area contributed by atoms with Crippen LogP contribution in [-0.4, -0.2) is 11.6 Å². The summed E-state index contributed by atoms with van der Waals surface area (Å²) in [6, 6.07) is 0. The molecule has 0 aromatic heterocycles. The molecule has 0 spiro atoms. The molecule has 0 N–H and O–H groups in total. The van der Waals surface area contributed by atoms with Crippen LogP contribution in [0.3, 0.4) is 0 Å². The molecule has 0 heterocycles. The predicted molar refractivity (Wildman–Crippen MR) is 109 cm³/mol. The Balaban J connectivity index is 1.80. The molecular weight excluding hydrogens is 332 g/mol. The molecule has 2 heteroatoms. The average Bonchev–Trinajstić information content (AvgIpc) is 2.96. The first kappa shape index (κ1) is 18.9. The topological polar surface area (TPSA) is 34.1 Å². The number of carbonyl (C=O) groups is 2. The van der Waals surface area contributed by atoms with Gasteiger partial charge in [0.15, 0.2) is 5.78 Å². The van der Waals surface area contributed by atoms with E-state index in [1.54, 1.807) is 6.08 Å². The fourth-order valence-corrected chi connectivity index (χ4v) is 6.74. The van der Waals surface area contributed by atoms with Gasteiger partial charge in [0.05, 0.1) is 0 Å². The summed E-state index contributed by atoms with van der Waals surface area (Å²) in [7, 11) is 0. The zero-order chi connectivity index (χ0) is 19.4. The van der Waals surface area contributed by atoms with E-state index >= 15 is 0 Å². The predicted octanol–water partition coefficient (Wildman–Crippen LogP) is 5.84. The zero-order valence-electron chi connectivity index (χ0n) is 17.4. The lowest BCUT2D eigenvalue weighted by Gasteiger charge is -2.54. The lowest BCUT2D eigenvalue weighted by atomic mass is 9.49. The van der Waals surface area contributed by atoms with Gasteiger partial charge in [-0.1, -0.05) is 52.7 Å². The minimum Gasteiger partial charge on any atom is -0.299 e. The van der Waals surface area contributed by atoms with E-state index in [9.17, 15) is 9.59 Å². The van der Waals surface area contributed by atoms with E-state index in [4.69, 9.17) is 0 Å². The van der Waals surface area contributed by atoms with Crippen LogP contribution in [0.4, 0.5) is 0 Å². The Hall–Kier alpha value is -1.44. The number of fused-ring (bicyclic) bond motifs is 5. The van der Waals surface area contributed by atoms with E-state index < -0.39 is 0 Å². The minimum absolute atomic E-state index is 0.0539. The van der Waals surface area contributed by atoms with Gasteiger partial charge in [0, 0.05) is 17.3 Å². The van der Waals surface area contributed by atoms with Gasteiger partial charge >= 0.3 is 0 Å². The third kappa shape index (κ3) is 2.74. The number of allylic oxidation sites excluding steroid dienone is 6. The third-order valence-corrected chi connectivity index (χ3v) is 8.68. The second-order valence-corrected chi connectivity index (χ2v) is 9.86. The first-order chi connectivity index (χ1) is 12.8. The van der Waals surface area contributed by atoms with Gasteiger partial charge in [-0.3, -0.25) is 9.59 Å². The largest absolute Gasteiger partial charge is 0.299 e. The lowest BCUT2D eigenvalue weighted by molar-refractivity contribution is -0.130. The van der Waals surface area contributed by atoms with Gasteiger partial charge in [-0.05, 0) is 72.7 Å². The molecule has 4 aliphatic rings. The lowest BCUT2D eigenvalue weighted by Crippen LogP contribution is -2.49. The number of carbonyl (C=O) groups excluding carboxylic acids is 2. The number of rotatable bonds is 4. The highest BCUT2D eigenvalue weighted by atomic mass is 16.1. The van der Waals surface area contributed by atoms with Gasteiger partial charge in [-0.2, -0.15) is 0 Å². The second kappa shape index (κ2) is 6.57. The summed E-state index contributed by atoms with van der Waals surface area (Å²) < 4.78 is 0. The normalized spacial score (nSPS) is 40.4. The molecule has 0 saturated heterocycles. The maximum atomic E-state index is 12.7. The molecule has 0 aromatic rings. The standard InChI is InChI=1S/C25H34O2/c1-5-16(6-2)13-17-14-19-20-7-8-23(27)25(20,4)12-10-21(19)24(3)11-9-18(26)15-22(17)24/h9,11,14-16,19-21H,5-8,10,12-13H2,1-4H3/t19-,20?,21-,24+,25-/m0/s1. The number of ketones is 2. The molecule has 0 aliphatic heterocycles. The molecule has 4 aliphatic carbocycles. The number of hydrogen-bond donors (Lipinski definition) is 0. The minimum atomic E-state index is -0.122. The Kier molecular flexibility index (Phi) is 4.60. The van der Waals surface area contributed by atoms with Crippen LogP contribution >= 0.6 is 0 Å². The van der Waals surface area contributed by atoms with E-state index in [0.29, 0.717) is 29.5 Å². The van der Waals surface area contributed by atoms with Gasteiger partial charge in [0.2, 0.25) is 0 Å². The van der Waals surface area contributed by atoms with Gasteiger partial charge in [-0.25, -0.2) is 0 Å². The molecule has 0 bridgehead atoms. The molecule has 0 radical (unpaired) electrons. The third-order valence-electron chi connectivity index (χ3n) is 8.68. The van der Waals surface area contributed by atoms with E-state index in [-0.39, 0.29) is 16.6 Å². The molecule has 5 atom stereocenters. The van der Waals surface area contributed by atoms with Crippen LogP contribution in [-0.2, 0) is 9.59 Å². The first-order valence-electron chi connectivity index (χ1n) is 11.0. The van der Waals surface area contributed by atoms with E-state index in [1.807, 2.05) is 6.08 Å².